The Morgan fingerprint density at radius 3 is 3.05 bits per heavy atom. The van der Waals surface area contributed by atoms with Crippen LogP contribution in [-0.2, 0) is 4.74 Å². The lowest BCUT2D eigenvalue weighted by Gasteiger charge is -2.33. The number of carbonyl (C=O) groups excluding carboxylic acids is 1. The third-order valence-corrected chi connectivity index (χ3v) is 3.69. The van der Waals surface area contributed by atoms with Crippen molar-refractivity contribution >= 4 is 17.5 Å². The number of aryl methyl sites for hydroxylation is 1. The molecule has 2 rings (SSSR count). The summed E-state index contributed by atoms with van der Waals surface area (Å²) in [5.41, 5.74) is 1.61. The highest BCUT2D eigenvalue weighted by atomic mass is 35.5. The van der Waals surface area contributed by atoms with Crippen LogP contribution < -0.4 is 5.32 Å². The average Bonchev–Trinajstić information content (AvgIpc) is 2.42. The molecule has 1 saturated heterocycles. The Morgan fingerprint density at radius 1 is 1.58 bits per heavy atom. The Kier molecular flexibility index (Phi) is 4.80. The van der Waals surface area contributed by atoms with Crippen molar-refractivity contribution in [2.75, 3.05) is 33.3 Å². The summed E-state index contributed by atoms with van der Waals surface area (Å²) in [6.45, 7) is 4.51. The van der Waals surface area contributed by atoms with Gasteiger partial charge in [0, 0.05) is 30.2 Å². The Labute approximate surface area is 118 Å². The van der Waals surface area contributed by atoms with Gasteiger partial charge in [-0.2, -0.15) is 0 Å². The summed E-state index contributed by atoms with van der Waals surface area (Å²) in [5.74, 6) is 0.0455. The smallest absolute Gasteiger partial charge is 0.254 e. The van der Waals surface area contributed by atoms with E-state index in [0.29, 0.717) is 30.3 Å². The first-order chi connectivity index (χ1) is 9.11. The number of hydrogen-bond acceptors (Lipinski definition) is 3. The second-order valence-electron chi connectivity index (χ2n) is 4.77. The lowest BCUT2D eigenvalue weighted by molar-refractivity contribution is -0.0196. The van der Waals surface area contributed by atoms with Crippen molar-refractivity contribution < 1.29 is 9.53 Å². The summed E-state index contributed by atoms with van der Waals surface area (Å²) >= 11 is 5.98. The fraction of sp³-hybridized carbons (Fsp3) is 0.500. The maximum absolute atomic E-state index is 12.4. The molecular formula is C14H19ClN2O2. The summed E-state index contributed by atoms with van der Waals surface area (Å²) in [7, 11) is 1.88. The normalized spacial score (nSPS) is 19.5. The highest BCUT2D eigenvalue weighted by Gasteiger charge is 2.24. The molecule has 0 bridgehead atoms. The minimum absolute atomic E-state index is 0.0455. The summed E-state index contributed by atoms with van der Waals surface area (Å²) in [5, 5.41) is 3.76. The lowest BCUT2D eigenvalue weighted by atomic mass is 10.1. The number of ether oxygens (including phenoxy) is 1. The molecule has 19 heavy (non-hydrogen) atoms. The molecule has 0 aliphatic carbocycles. The number of amides is 1. The van der Waals surface area contributed by atoms with Gasteiger partial charge in [-0.3, -0.25) is 4.79 Å². The molecule has 0 saturated carbocycles. The largest absolute Gasteiger partial charge is 0.373 e. The Hall–Kier alpha value is -1.10. The minimum Gasteiger partial charge on any atom is -0.373 e. The Balaban J connectivity index is 2.08. The molecule has 1 N–H and O–H groups in total. The van der Waals surface area contributed by atoms with Crippen LogP contribution in [0.2, 0.25) is 5.02 Å². The lowest BCUT2D eigenvalue weighted by Crippen LogP contribution is -2.48. The number of rotatable bonds is 3. The van der Waals surface area contributed by atoms with Crippen LogP contribution in [0.1, 0.15) is 15.9 Å². The van der Waals surface area contributed by atoms with Crippen molar-refractivity contribution in [3.63, 3.8) is 0 Å². The van der Waals surface area contributed by atoms with Gasteiger partial charge in [-0.1, -0.05) is 11.6 Å². The van der Waals surface area contributed by atoms with Crippen LogP contribution in [0.25, 0.3) is 0 Å². The molecule has 1 fully saturated rings. The van der Waals surface area contributed by atoms with E-state index in [1.54, 1.807) is 12.1 Å². The van der Waals surface area contributed by atoms with Gasteiger partial charge in [0.05, 0.1) is 12.7 Å². The average molecular weight is 283 g/mol. The van der Waals surface area contributed by atoms with Gasteiger partial charge in [0.1, 0.15) is 0 Å². The molecule has 1 amide bonds. The van der Waals surface area contributed by atoms with Gasteiger partial charge in [-0.25, -0.2) is 0 Å². The van der Waals surface area contributed by atoms with Crippen molar-refractivity contribution in [3.8, 4) is 0 Å². The van der Waals surface area contributed by atoms with Crippen LogP contribution in [0.3, 0.4) is 0 Å². The quantitative estimate of drug-likeness (QED) is 0.918. The first-order valence-corrected chi connectivity index (χ1v) is 6.81. The molecule has 0 spiro atoms. The summed E-state index contributed by atoms with van der Waals surface area (Å²) in [4.78, 5) is 14.3. The van der Waals surface area contributed by atoms with Gasteiger partial charge in [-0.05, 0) is 37.7 Å². The van der Waals surface area contributed by atoms with Crippen LogP contribution in [-0.4, -0.2) is 50.2 Å². The first kappa shape index (κ1) is 14.3. The number of halogens is 1. The molecule has 1 aliphatic heterocycles. The Bertz CT molecular complexity index is 463. The van der Waals surface area contributed by atoms with E-state index in [4.69, 9.17) is 16.3 Å². The van der Waals surface area contributed by atoms with Gasteiger partial charge >= 0.3 is 0 Å². The number of nitrogens with one attached hydrogen (secondary N) is 1. The van der Waals surface area contributed by atoms with E-state index in [-0.39, 0.29) is 12.0 Å². The van der Waals surface area contributed by atoms with Crippen LogP contribution >= 0.6 is 11.6 Å². The van der Waals surface area contributed by atoms with Gasteiger partial charge in [-0.15, -0.1) is 0 Å². The third kappa shape index (κ3) is 3.47. The molecule has 1 heterocycles. The number of morpholine rings is 1. The van der Waals surface area contributed by atoms with Crippen LogP contribution in [0.15, 0.2) is 18.2 Å². The fourth-order valence-electron chi connectivity index (χ4n) is 2.22. The first-order valence-electron chi connectivity index (χ1n) is 6.43. The van der Waals surface area contributed by atoms with E-state index < -0.39 is 0 Å². The number of nitrogens with zero attached hydrogens (tertiary/aromatic N) is 1. The SMILES string of the molecule is CNCC1CN(C(=O)c2ccc(Cl)c(C)c2)CCO1. The fourth-order valence-corrected chi connectivity index (χ4v) is 2.33. The number of benzene rings is 1. The zero-order valence-corrected chi connectivity index (χ0v) is 12.0. The number of hydrogen-bond donors (Lipinski definition) is 1. The van der Waals surface area contributed by atoms with Gasteiger partial charge < -0.3 is 15.0 Å². The van der Waals surface area contributed by atoms with E-state index in [0.717, 1.165) is 12.1 Å². The monoisotopic (exact) mass is 282 g/mol. The van der Waals surface area contributed by atoms with Crippen molar-refractivity contribution in [3.05, 3.63) is 34.3 Å². The second-order valence-corrected chi connectivity index (χ2v) is 5.17. The van der Waals surface area contributed by atoms with E-state index in [9.17, 15) is 4.79 Å². The molecule has 104 valence electrons. The highest BCUT2D eigenvalue weighted by molar-refractivity contribution is 6.31. The molecule has 1 atom stereocenters. The summed E-state index contributed by atoms with van der Waals surface area (Å²) in [6, 6.07) is 5.39. The molecule has 0 aromatic heterocycles. The predicted octanol–water partition coefficient (Wildman–Crippen LogP) is 1.71. The molecular weight excluding hydrogens is 264 g/mol. The molecule has 4 nitrogen and oxygen atoms in total. The molecule has 1 aliphatic rings. The van der Waals surface area contributed by atoms with E-state index >= 15 is 0 Å². The van der Waals surface area contributed by atoms with E-state index in [2.05, 4.69) is 5.32 Å². The molecule has 1 unspecified atom stereocenters. The topological polar surface area (TPSA) is 41.6 Å². The van der Waals surface area contributed by atoms with Gasteiger partial charge in [0.15, 0.2) is 0 Å². The maximum atomic E-state index is 12.4. The van der Waals surface area contributed by atoms with Crippen molar-refractivity contribution in [1.29, 1.82) is 0 Å². The molecule has 0 radical (unpaired) electrons. The zero-order valence-electron chi connectivity index (χ0n) is 11.3. The Morgan fingerprint density at radius 2 is 2.37 bits per heavy atom. The third-order valence-electron chi connectivity index (χ3n) is 3.26. The minimum atomic E-state index is 0.0455. The van der Waals surface area contributed by atoms with E-state index in [1.165, 1.54) is 0 Å². The van der Waals surface area contributed by atoms with Crippen molar-refractivity contribution in [2.24, 2.45) is 0 Å². The van der Waals surface area contributed by atoms with Gasteiger partial charge in [0.2, 0.25) is 0 Å². The number of carbonyl (C=O) groups is 1. The zero-order chi connectivity index (χ0) is 13.8. The molecule has 1 aromatic rings. The summed E-state index contributed by atoms with van der Waals surface area (Å²) < 4.78 is 5.60. The maximum Gasteiger partial charge on any atom is 0.254 e. The standard InChI is InChI=1S/C14H19ClN2O2/c1-10-7-11(3-4-13(10)15)14(18)17-5-6-19-12(9-17)8-16-2/h3-4,7,12,16H,5-6,8-9H2,1-2H3. The van der Waals surface area contributed by atoms with Crippen LogP contribution in [0.5, 0.6) is 0 Å². The van der Waals surface area contributed by atoms with Crippen molar-refractivity contribution in [2.45, 2.75) is 13.0 Å². The molecule has 1 aromatic carbocycles. The van der Waals surface area contributed by atoms with Gasteiger partial charge in [0.25, 0.3) is 5.91 Å². The highest BCUT2D eigenvalue weighted by Crippen LogP contribution is 2.18. The predicted molar refractivity (Wildman–Crippen MR) is 75.8 cm³/mol. The van der Waals surface area contributed by atoms with Crippen LogP contribution in [0, 0.1) is 6.92 Å². The molecule has 5 heteroatoms. The number of likely N-dealkylation sites (N-methyl/N-ethyl adjacent to an activating group) is 1. The second kappa shape index (κ2) is 6.37. The van der Waals surface area contributed by atoms with Crippen molar-refractivity contribution in [1.82, 2.24) is 10.2 Å². The van der Waals surface area contributed by atoms with E-state index in [1.807, 2.05) is 24.9 Å². The summed E-state index contributed by atoms with van der Waals surface area (Å²) in [6.07, 6.45) is 0.0658. The van der Waals surface area contributed by atoms with Crippen LogP contribution in [0.4, 0.5) is 0 Å².